The molecule has 3 nitrogen and oxygen atoms in total. The Hall–Kier alpha value is -1.64. The fourth-order valence-electron chi connectivity index (χ4n) is 2.22. The molecular formula is C14H17NO2. The monoisotopic (exact) mass is 231 g/mol. The van der Waals surface area contributed by atoms with Crippen LogP contribution in [0.2, 0.25) is 0 Å². The van der Waals surface area contributed by atoms with E-state index in [9.17, 15) is 4.79 Å². The molecule has 0 fully saturated rings. The van der Waals surface area contributed by atoms with Crippen LogP contribution in [0.4, 0.5) is 0 Å². The lowest BCUT2D eigenvalue weighted by Crippen LogP contribution is -2.12. The van der Waals surface area contributed by atoms with Gasteiger partial charge in [-0.05, 0) is 48.4 Å². The maximum atomic E-state index is 11.2. The van der Waals surface area contributed by atoms with E-state index in [1.807, 2.05) is 24.5 Å². The number of hydrogen-bond donors (Lipinski definition) is 0. The van der Waals surface area contributed by atoms with Crippen molar-refractivity contribution in [1.82, 2.24) is 4.98 Å². The van der Waals surface area contributed by atoms with Crippen LogP contribution in [-0.2, 0) is 9.53 Å². The normalized spacial score (nSPS) is 19.6. The molecule has 1 aliphatic carbocycles. The first-order valence-electron chi connectivity index (χ1n) is 5.96. The number of carbonyl (C=O) groups is 1. The molecular weight excluding hydrogens is 214 g/mol. The smallest absolute Gasteiger partial charge is 0.305 e. The van der Waals surface area contributed by atoms with Gasteiger partial charge in [0, 0.05) is 18.8 Å². The zero-order valence-electron chi connectivity index (χ0n) is 10.1. The highest BCUT2D eigenvalue weighted by atomic mass is 16.5. The van der Waals surface area contributed by atoms with E-state index in [1.54, 1.807) is 0 Å². The number of pyridine rings is 1. The average molecular weight is 231 g/mol. The standard InChI is InChI=1S/C14H17NO2/c1-17-14(16)10-11-2-4-12(5-3-11)13-6-8-15-9-7-13/h4,6-9,11H,2-3,5,10H2,1H3. The molecule has 90 valence electrons. The summed E-state index contributed by atoms with van der Waals surface area (Å²) in [5, 5.41) is 0. The lowest BCUT2D eigenvalue weighted by molar-refractivity contribution is -0.141. The van der Waals surface area contributed by atoms with Crippen molar-refractivity contribution < 1.29 is 9.53 Å². The van der Waals surface area contributed by atoms with Crippen molar-refractivity contribution in [3.8, 4) is 0 Å². The third kappa shape index (κ3) is 3.16. The van der Waals surface area contributed by atoms with E-state index in [4.69, 9.17) is 4.74 Å². The van der Waals surface area contributed by atoms with Crippen molar-refractivity contribution in [1.29, 1.82) is 0 Å². The summed E-state index contributed by atoms with van der Waals surface area (Å²) in [5.41, 5.74) is 2.62. The predicted molar refractivity (Wildman–Crippen MR) is 66.2 cm³/mol. The predicted octanol–water partition coefficient (Wildman–Crippen LogP) is 2.83. The average Bonchev–Trinajstić information content (AvgIpc) is 2.40. The van der Waals surface area contributed by atoms with E-state index in [-0.39, 0.29) is 5.97 Å². The molecule has 0 amide bonds. The molecule has 0 spiro atoms. The van der Waals surface area contributed by atoms with Crippen LogP contribution in [0.15, 0.2) is 30.6 Å². The van der Waals surface area contributed by atoms with Gasteiger partial charge in [-0.3, -0.25) is 9.78 Å². The van der Waals surface area contributed by atoms with Crippen LogP contribution in [0, 0.1) is 5.92 Å². The van der Waals surface area contributed by atoms with E-state index < -0.39 is 0 Å². The zero-order chi connectivity index (χ0) is 12.1. The molecule has 0 aromatic carbocycles. The minimum Gasteiger partial charge on any atom is -0.469 e. The number of carbonyl (C=O) groups excluding carboxylic acids is 1. The first-order chi connectivity index (χ1) is 8.29. The van der Waals surface area contributed by atoms with Crippen molar-refractivity contribution in [3.05, 3.63) is 36.2 Å². The molecule has 1 aromatic rings. The highest BCUT2D eigenvalue weighted by Crippen LogP contribution is 2.31. The summed E-state index contributed by atoms with van der Waals surface area (Å²) in [6.07, 6.45) is 9.47. The summed E-state index contributed by atoms with van der Waals surface area (Å²) in [7, 11) is 1.45. The molecule has 0 saturated heterocycles. The fourth-order valence-corrected chi connectivity index (χ4v) is 2.22. The van der Waals surface area contributed by atoms with E-state index in [0.717, 1.165) is 19.3 Å². The second-order valence-corrected chi connectivity index (χ2v) is 4.39. The fraction of sp³-hybridized carbons (Fsp3) is 0.429. The minimum absolute atomic E-state index is 0.101. The zero-order valence-corrected chi connectivity index (χ0v) is 10.1. The van der Waals surface area contributed by atoms with Gasteiger partial charge in [0.2, 0.25) is 0 Å². The topological polar surface area (TPSA) is 39.2 Å². The molecule has 1 atom stereocenters. The molecule has 3 heteroatoms. The lowest BCUT2D eigenvalue weighted by Gasteiger charge is -2.21. The van der Waals surface area contributed by atoms with Gasteiger partial charge < -0.3 is 4.74 Å². The van der Waals surface area contributed by atoms with Gasteiger partial charge >= 0.3 is 5.97 Å². The van der Waals surface area contributed by atoms with Crippen molar-refractivity contribution in [3.63, 3.8) is 0 Å². The minimum atomic E-state index is -0.101. The second-order valence-electron chi connectivity index (χ2n) is 4.39. The van der Waals surface area contributed by atoms with Crippen LogP contribution in [-0.4, -0.2) is 18.1 Å². The summed E-state index contributed by atoms with van der Waals surface area (Å²) < 4.78 is 4.70. The first-order valence-corrected chi connectivity index (χ1v) is 5.96. The molecule has 0 saturated carbocycles. The summed E-state index contributed by atoms with van der Waals surface area (Å²) in [6.45, 7) is 0. The lowest BCUT2D eigenvalue weighted by atomic mass is 9.85. The van der Waals surface area contributed by atoms with Crippen molar-refractivity contribution in [2.24, 2.45) is 5.92 Å². The summed E-state index contributed by atoms with van der Waals surface area (Å²) in [6, 6.07) is 4.07. The summed E-state index contributed by atoms with van der Waals surface area (Å²) in [5.74, 6) is 0.337. The number of hydrogen-bond acceptors (Lipinski definition) is 3. The number of ether oxygens (including phenoxy) is 1. The molecule has 0 N–H and O–H groups in total. The quantitative estimate of drug-likeness (QED) is 0.751. The Kier molecular flexibility index (Phi) is 3.91. The van der Waals surface area contributed by atoms with Gasteiger partial charge in [-0.2, -0.15) is 0 Å². The largest absolute Gasteiger partial charge is 0.469 e. The Balaban J connectivity index is 1.96. The van der Waals surface area contributed by atoms with Gasteiger partial charge in [-0.15, -0.1) is 0 Å². The highest BCUT2D eigenvalue weighted by Gasteiger charge is 2.18. The SMILES string of the molecule is COC(=O)CC1CC=C(c2ccncc2)CC1. The molecule has 2 rings (SSSR count). The molecule has 1 heterocycles. The molecule has 0 bridgehead atoms. The Labute approximate surface area is 102 Å². The van der Waals surface area contributed by atoms with Gasteiger partial charge in [0.15, 0.2) is 0 Å². The molecule has 1 aliphatic rings. The first kappa shape index (κ1) is 11.8. The second kappa shape index (κ2) is 5.62. The van der Waals surface area contributed by atoms with Gasteiger partial charge in [0.1, 0.15) is 0 Å². The van der Waals surface area contributed by atoms with Crippen molar-refractivity contribution in [2.45, 2.75) is 25.7 Å². The number of rotatable bonds is 3. The van der Waals surface area contributed by atoms with Gasteiger partial charge in [0.25, 0.3) is 0 Å². The van der Waals surface area contributed by atoms with Crippen LogP contribution < -0.4 is 0 Å². The highest BCUT2D eigenvalue weighted by molar-refractivity contribution is 5.70. The number of nitrogens with zero attached hydrogens (tertiary/aromatic N) is 1. The number of esters is 1. The molecule has 1 unspecified atom stereocenters. The van der Waals surface area contributed by atoms with Gasteiger partial charge in [0.05, 0.1) is 7.11 Å². The van der Waals surface area contributed by atoms with E-state index in [2.05, 4.69) is 11.1 Å². The molecule has 0 aliphatic heterocycles. The number of aromatic nitrogens is 1. The van der Waals surface area contributed by atoms with Crippen LogP contribution >= 0.6 is 0 Å². The Morgan fingerprint density at radius 1 is 1.47 bits per heavy atom. The van der Waals surface area contributed by atoms with E-state index in [0.29, 0.717) is 12.3 Å². The maximum Gasteiger partial charge on any atom is 0.305 e. The Bertz CT molecular complexity index is 411. The summed E-state index contributed by atoms with van der Waals surface area (Å²) in [4.78, 5) is 15.2. The Morgan fingerprint density at radius 2 is 2.24 bits per heavy atom. The van der Waals surface area contributed by atoms with Gasteiger partial charge in [-0.25, -0.2) is 0 Å². The Morgan fingerprint density at radius 3 is 2.82 bits per heavy atom. The number of methoxy groups -OCH3 is 1. The van der Waals surface area contributed by atoms with Crippen LogP contribution in [0.25, 0.3) is 5.57 Å². The van der Waals surface area contributed by atoms with Crippen molar-refractivity contribution >= 4 is 11.5 Å². The van der Waals surface area contributed by atoms with Gasteiger partial charge in [-0.1, -0.05) is 6.08 Å². The maximum absolute atomic E-state index is 11.2. The molecule has 17 heavy (non-hydrogen) atoms. The third-order valence-corrected chi connectivity index (χ3v) is 3.25. The van der Waals surface area contributed by atoms with E-state index in [1.165, 1.54) is 18.2 Å². The van der Waals surface area contributed by atoms with Crippen molar-refractivity contribution in [2.75, 3.05) is 7.11 Å². The van der Waals surface area contributed by atoms with E-state index >= 15 is 0 Å². The summed E-state index contributed by atoms with van der Waals surface area (Å²) >= 11 is 0. The van der Waals surface area contributed by atoms with Crippen LogP contribution in [0.5, 0.6) is 0 Å². The number of allylic oxidation sites excluding steroid dienone is 2. The molecule has 0 radical (unpaired) electrons. The molecule has 1 aromatic heterocycles. The van der Waals surface area contributed by atoms with Crippen LogP contribution in [0.1, 0.15) is 31.2 Å². The third-order valence-electron chi connectivity index (χ3n) is 3.25. The van der Waals surface area contributed by atoms with Crippen LogP contribution in [0.3, 0.4) is 0 Å².